The molecule has 0 radical (unpaired) electrons. The molecule has 1 aliphatic heterocycles. The number of hydrogen-bond donors (Lipinski definition) is 1. The van der Waals surface area contributed by atoms with E-state index >= 15 is 0 Å². The Morgan fingerprint density at radius 3 is 2.79 bits per heavy atom. The first-order valence-electron chi connectivity index (χ1n) is 5.02. The fourth-order valence-electron chi connectivity index (χ4n) is 1.84. The normalized spacial score (nSPS) is 30.2. The van der Waals surface area contributed by atoms with Crippen molar-refractivity contribution in [3.05, 3.63) is 12.7 Å². The van der Waals surface area contributed by atoms with Crippen LogP contribution >= 0.6 is 0 Å². The maximum absolute atomic E-state index is 11.3. The van der Waals surface area contributed by atoms with E-state index in [0.717, 1.165) is 6.42 Å². The molecule has 1 aliphatic rings. The van der Waals surface area contributed by atoms with Crippen molar-refractivity contribution in [2.45, 2.75) is 38.4 Å². The second kappa shape index (κ2) is 4.24. The van der Waals surface area contributed by atoms with E-state index in [2.05, 4.69) is 6.58 Å². The minimum atomic E-state index is -1.27. The number of rotatable bonds is 5. The van der Waals surface area contributed by atoms with Gasteiger partial charge in [0.15, 0.2) is 5.78 Å². The summed E-state index contributed by atoms with van der Waals surface area (Å²) in [5.74, 6) is -0.00171. The van der Waals surface area contributed by atoms with E-state index in [-0.39, 0.29) is 11.9 Å². The van der Waals surface area contributed by atoms with Crippen LogP contribution in [0.5, 0.6) is 0 Å². The van der Waals surface area contributed by atoms with Gasteiger partial charge in [-0.15, -0.1) is 0 Å². The van der Waals surface area contributed by atoms with Crippen molar-refractivity contribution in [2.75, 3.05) is 6.61 Å². The highest BCUT2D eigenvalue weighted by Gasteiger charge is 2.39. The Kier molecular flexibility index (Phi) is 3.45. The predicted octanol–water partition coefficient (Wildman–Crippen LogP) is 1.31. The van der Waals surface area contributed by atoms with Crippen LogP contribution in [0, 0.1) is 5.92 Å². The van der Waals surface area contributed by atoms with Crippen LogP contribution in [0.15, 0.2) is 12.7 Å². The smallest absolute Gasteiger partial charge is 0.186 e. The number of carbonyl (C=O) groups excluding carboxylic acids is 1. The standard InChI is InChI=1S/C11H18O3/c1-4-9-8(7-14-9)6-11(3,13)10(12)5-2/h5,8-9,13H,2,4,6-7H2,1,3H3. The van der Waals surface area contributed by atoms with Crippen molar-refractivity contribution in [2.24, 2.45) is 5.92 Å². The number of ether oxygens (including phenoxy) is 1. The largest absolute Gasteiger partial charge is 0.382 e. The van der Waals surface area contributed by atoms with Crippen LogP contribution in [0.2, 0.25) is 0 Å². The minimum Gasteiger partial charge on any atom is -0.382 e. The quantitative estimate of drug-likeness (QED) is 0.677. The molecule has 3 atom stereocenters. The summed E-state index contributed by atoms with van der Waals surface area (Å²) in [5.41, 5.74) is -1.27. The second-order valence-corrected chi connectivity index (χ2v) is 4.09. The third-order valence-corrected chi connectivity index (χ3v) is 2.83. The van der Waals surface area contributed by atoms with Gasteiger partial charge in [-0.3, -0.25) is 4.79 Å². The molecule has 0 amide bonds. The van der Waals surface area contributed by atoms with Crippen LogP contribution < -0.4 is 0 Å². The van der Waals surface area contributed by atoms with E-state index in [9.17, 15) is 9.90 Å². The molecule has 14 heavy (non-hydrogen) atoms. The molecule has 3 nitrogen and oxygen atoms in total. The molecule has 3 unspecified atom stereocenters. The lowest BCUT2D eigenvalue weighted by Crippen LogP contribution is -2.46. The van der Waals surface area contributed by atoms with Crippen molar-refractivity contribution in [3.8, 4) is 0 Å². The Bertz CT molecular complexity index is 231. The summed E-state index contributed by atoms with van der Waals surface area (Å²) in [6.45, 7) is 7.61. The summed E-state index contributed by atoms with van der Waals surface area (Å²) in [7, 11) is 0. The summed E-state index contributed by atoms with van der Waals surface area (Å²) < 4.78 is 5.30. The van der Waals surface area contributed by atoms with Crippen molar-refractivity contribution >= 4 is 5.78 Å². The van der Waals surface area contributed by atoms with Gasteiger partial charge in [-0.1, -0.05) is 13.5 Å². The van der Waals surface area contributed by atoms with E-state index in [1.807, 2.05) is 6.92 Å². The average molecular weight is 198 g/mol. The lowest BCUT2D eigenvalue weighted by Gasteiger charge is -2.39. The molecule has 3 heteroatoms. The average Bonchev–Trinajstić information content (AvgIpc) is 2.12. The van der Waals surface area contributed by atoms with Gasteiger partial charge in [0.25, 0.3) is 0 Å². The van der Waals surface area contributed by atoms with Gasteiger partial charge in [-0.2, -0.15) is 0 Å². The van der Waals surface area contributed by atoms with E-state index in [1.54, 1.807) is 6.92 Å². The van der Waals surface area contributed by atoms with Gasteiger partial charge in [-0.05, 0) is 25.8 Å². The molecule has 0 spiro atoms. The van der Waals surface area contributed by atoms with E-state index in [1.165, 1.54) is 6.08 Å². The molecule has 1 fully saturated rings. The van der Waals surface area contributed by atoms with Crippen molar-refractivity contribution in [1.82, 2.24) is 0 Å². The van der Waals surface area contributed by atoms with Crippen molar-refractivity contribution in [1.29, 1.82) is 0 Å². The van der Waals surface area contributed by atoms with Crippen LogP contribution in [0.4, 0.5) is 0 Å². The van der Waals surface area contributed by atoms with E-state index in [0.29, 0.717) is 18.9 Å². The summed E-state index contributed by atoms with van der Waals surface area (Å²) in [6.07, 6.45) is 2.79. The first-order chi connectivity index (χ1) is 6.51. The van der Waals surface area contributed by atoms with Crippen LogP contribution in [0.25, 0.3) is 0 Å². The first-order valence-corrected chi connectivity index (χ1v) is 5.02. The zero-order chi connectivity index (χ0) is 10.8. The summed E-state index contributed by atoms with van der Waals surface area (Å²) in [6, 6.07) is 0. The molecule has 0 aromatic heterocycles. The molecule has 0 aromatic rings. The van der Waals surface area contributed by atoms with Gasteiger partial charge in [0.05, 0.1) is 12.7 Å². The van der Waals surface area contributed by atoms with Crippen molar-refractivity contribution in [3.63, 3.8) is 0 Å². The monoisotopic (exact) mass is 198 g/mol. The molecule has 0 saturated carbocycles. The number of carbonyl (C=O) groups is 1. The third-order valence-electron chi connectivity index (χ3n) is 2.83. The molecule has 0 bridgehead atoms. The van der Waals surface area contributed by atoms with Gasteiger partial charge in [0.1, 0.15) is 5.60 Å². The lowest BCUT2D eigenvalue weighted by molar-refractivity contribution is -0.153. The fourth-order valence-corrected chi connectivity index (χ4v) is 1.84. The Morgan fingerprint density at radius 2 is 2.43 bits per heavy atom. The van der Waals surface area contributed by atoms with E-state index < -0.39 is 5.60 Å². The zero-order valence-corrected chi connectivity index (χ0v) is 8.82. The topological polar surface area (TPSA) is 46.5 Å². The maximum Gasteiger partial charge on any atom is 0.186 e. The van der Waals surface area contributed by atoms with Crippen LogP contribution in [0.3, 0.4) is 0 Å². The highest BCUT2D eigenvalue weighted by atomic mass is 16.5. The van der Waals surface area contributed by atoms with Crippen LogP contribution in [0.1, 0.15) is 26.7 Å². The molecule has 1 N–H and O–H groups in total. The molecule has 80 valence electrons. The van der Waals surface area contributed by atoms with Gasteiger partial charge in [0.2, 0.25) is 0 Å². The predicted molar refractivity (Wildman–Crippen MR) is 54.0 cm³/mol. The van der Waals surface area contributed by atoms with Gasteiger partial charge in [0, 0.05) is 5.92 Å². The molecule has 1 rings (SSSR count). The molecule has 1 heterocycles. The summed E-state index contributed by atoms with van der Waals surface area (Å²) in [5, 5.41) is 9.86. The highest BCUT2D eigenvalue weighted by molar-refractivity contribution is 5.95. The third kappa shape index (κ3) is 2.22. The van der Waals surface area contributed by atoms with Gasteiger partial charge in [-0.25, -0.2) is 0 Å². The number of hydrogen-bond acceptors (Lipinski definition) is 3. The second-order valence-electron chi connectivity index (χ2n) is 4.09. The van der Waals surface area contributed by atoms with Gasteiger partial charge < -0.3 is 9.84 Å². The highest BCUT2D eigenvalue weighted by Crippen LogP contribution is 2.31. The van der Waals surface area contributed by atoms with Gasteiger partial charge >= 0.3 is 0 Å². The maximum atomic E-state index is 11.3. The Hall–Kier alpha value is -0.670. The van der Waals surface area contributed by atoms with Crippen LogP contribution in [-0.2, 0) is 9.53 Å². The Balaban J connectivity index is 2.50. The first kappa shape index (κ1) is 11.4. The number of aliphatic hydroxyl groups is 1. The zero-order valence-electron chi connectivity index (χ0n) is 8.82. The van der Waals surface area contributed by atoms with Crippen LogP contribution in [-0.4, -0.2) is 29.2 Å². The molecular formula is C11H18O3. The lowest BCUT2D eigenvalue weighted by atomic mass is 9.82. The Morgan fingerprint density at radius 1 is 1.79 bits per heavy atom. The molecule has 0 aliphatic carbocycles. The number of ketones is 1. The fraction of sp³-hybridized carbons (Fsp3) is 0.727. The molecule has 0 aromatic carbocycles. The summed E-state index contributed by atoms with van der Waals surface area (Å²) in [4.78, 5) is 11.3. The van der Waals surface area contributed by atoms with Crippen molar-refractivity contribution < 1.29 is 14.6 Å². The Labute approximate surface area is 84.8 Å². The minimum absolute atomic E-state index is 0.207. The van der Waals surface area contributed by atoms with E-state index in [4.69, 9.17) is 4.74 Å². The molecular weight excluding hydrogens is 180 g/mol. The molecule has 1 saturated heterocycles. The SMILES string of the molecule is C=CC(=O)C(C)(O)CC1COC1CC. The summed E-state index contributed by atoms with van der Waals surface area (Å²) >= 11 is 0.